The molecule has 0 amide bonds. The monoisotopic (exact) mass is 340 g/mol. The SMILES string of the molecule is COc1c(F)ccc2c1c(CCO)nn2COCC[Si](C)(C)C. The van der Waals surface area contributed by atoms with Gasteiger partial charge in [0.15, 0.2) is 11.6 Å². The van der Waals surface area contributed by atoms with Crippen LogP contribution >= 0.6 is 0 Å². The van der Waals surface area contributed by atoms with E-state index in [0.29, 0.717) is 30.8 Å². The van der Waals surface area contributed by atoms with E-state index in [4.69, 9.17) is 9.47 Å². The second kappa shape index (κ2) is 7.42. The van der Waals surface area contributed by atoms with Crippen molar-refractivity contribution in [2.24, 2.45) is 0 Å². The molecule has 0 bridgehead atoms. The topological polar surface area (TPSA) is 56.5 Å². The summed E-state index contributed by atoms with van der Waals surface area (Å²) in [6.07, 6.45) is 0.345. The second-order valence-electron chi connectivity index (χ2n) is 6.74. The maximum atomic E-state index is 13.9. The Hall–Kier alpha value is -1.44. The summed E-state index contributed by atoms with van der Waals surface area (Å²) in [7, 11) is 0.297. The molecule has 0 aliphatic rings. The van der Waals surface area contributed by atoms with Crippen molar-refractivity contribution in [2.75, 3.05) is 20.3 Å². The molecule has 128 valence electrons. The minimum atomic E-state index is -1.14. The summed E-state index contributed by atoms with van der Waals surface area (Å²) in [4.78, 5) is 0. The van der Waals surface area contributed by atoms with Crippen molar-refractivity contribution in [3.8, 4) is 5.75 Å². The summed E-state index contributed by atoms with van der Waals surface area (Å²) in [6, 6.07) is 4.11. The Morgan fingerprint density at radius 3 is 2.65 bits per heavy atom. The normalized spacial score (nSPS) is 12.1. The third kappa shape index (κ3) is 4.30. The summed E-state index contributed by atoms with van der Waals surface area (Å²) >= 11 is 0. The summed E-state index contributed by atoms with van der Waals surface area (Å²) in [5, 5.41) is 14.3. The number of aliphatic hydroxyl groups excluding tert-OH is 1. The van der Waals surface area contributed by atoms with Crippen LogP contribution in [0, 0.1) is 5.82 Å². The first-order valence-electron chi connectivity index (χ1n) is 7.78. The summed E-state index contributed by atoms with van der Waals surface area (Å²) in [6.45, 7) is 7.83. The van der Waals surface area contributed by atoms with E-state index in [1.807, 2.05) is 0 Å². The van der Waals surface area contributed by atoms with Crippen molar-refractivity contribution in [2.45, 2.75) is 38.8 Å². The van der Waals surface area contributed by atoms with Crippen LogP contribution in [0.15, 0.2) is 12.1 Å². The van der Waals surface area contributed by atoms with Gasteiger partial charge in [0.25, 0.3) is 0 Å². The van der Waals surface area contributed by atoms with E-state index in [1.165, 1.54) is 13.2 Å². The molecule has 2 aromatic rings. The van der Waals surface area contributed by atoms with E-state index in [9.17, 15) is 9.50 Å². The van der Waals surface area contributed by atoms with Gasteiger partial charge in [-0.15, -0.1) is 0 Å². The van der Waals surface area contributed by atoms with Crippen LogP contribution in [0.5, 0.6) is 5.75 Å². The quantitative estimate of drug-likeness (QED) is 0.593. The van der Waals surface area contributed by atoms with E-state index < -0.39 is 13.9 Å². The van der Waals surface area contributed by atoms with Crippen molar-refractivity contribution < 1.29 is 19.0 Å². The van der Waals surface area contributed by atoms with Crippen molar-refractivity contribution in [1.82, 2.24) is 9.78 Å². The van der Waals surface area contributed by atoms with Gasteiger partial charge in [-0.3, -0.25) is 0 Å². The van der Waals surface area contributed by atoms with Gasteiger partial charge >= 0.3 is 0 Å². The third-order valence-corrected chi connectivity index (χ3v) is 5.36. The molecule has 0 spiro atoms. The average molecular weight is 340 g/mol. The van der Waals surface area contributed by atoms with Crippen molar-refractivity contribution in [1.29, 1.82) is 0 Å². The molecule has 1 aromatic carbocycles. The predicted octanol–water partition coefficient (Wildman–Crippen LogP) is 3.03. The van der Waals surface area contributed by atoms with Crippen molar-refractivity contribution in [3.05, 3.63) is 23.6 Å². The molecular formula is C16H25FN2O3Si. The number of hydrogen-bond donors (Lipinski definition) is 1. The number of hydrogen-bond acceptors (Lipinski definition) is 4. The number of aromatic nitrogens is 2. The van der Waals surface area contributed by atoms with Gasteiger partial charge in [0.1, 0.15) is 6.73 Å². The Morgan fingerprint density at radius 2 is 2.04 bits per heavy atom. The molecule has 23 heavy (non-hydrogen) atoms. The van der Waals surface area contributed by atoms with Crippen LogP contribution in [0.3, 0.4) is 0 Å². The molecule has 0 aliphatic carbocycles. The number of aliphatic hydroxyl groups is 1. The number of rotatable bonds is 8. The largest absolute Gasteiger partial charge is 0.493 e. The number of benzene rings is 1. The summed E-state index contributed by atoms with van der Waals surface area (Å²) in [5.41, 5.74) is 1.37. The van der Waals surface area contributed by atoms with Crippen LogP contribution in [0.1, 0.15) is 5.69 Å². The lowest BCUT2D eigenvalue weighted by Gasteiger charge is -2.15. The van der Waals surface area contributed by atoms with E-state index in [1.54, 1.807) is 10.7 Å². The lowest BCUT2D eigenvalue weighted by molar-refractivity contribution is 0.0813. The molecule has 0 aliphatic heterocycles. The Bertz CT molecular complexity index is 667. The Labute approximate surface area is 137 Å². The highest BCUT2D eigenvalue weighted by molar-refractivity contribution is 6.76. The lowest BCUT2D eigenvalue weighted by atomic mass is 10.1. The van der Waals surface area contributed by atoms with E-state index in [2.05, 4.69) is 24.7 Å². The molecule has 0 atom stereocenters. The van der Waals surface area contributed by atoms with Crippen molar-refractivity contribution in [3.63, 3.8) is 0 Å². The first-order chi connectivity index (χ1) is 10.9. The molecule has 0 saturated heterocycles. The first kappa shape index (κ1) is 17.9. The van der Waals surface area contributed by atoms with Gasteiger partial charge in [0, 0.05) is 27.7 Å². The minimum absolute atomic E-state index is 0.0533. The average Bonchev–Trinajstić information content (AvgIpc) is 2.81. The highest BCUT2D eigenvalue weighted by Crippen LogP contribution is 2.32. The molecule has 0 radical (unpaired) electrons. The fraction of sp³-hybridized carbons (Fsp3) is 0.562. The van der Waals surface area contributed by atoms with Gasteiger partial charge in [-0.2, -0.15) is 5.10 Å². The first-order valence-corrected chi connectivity index (χ1v) is 11.5. The second-order valence-corrected chi connectivity index (χ2v) is 12.4. The fourth-order valence-corrected chi connectivity index (χ4v) is 3.16. The van der Waals surface area contributed by atoms with Gasteiger partial charge in [0.2, 0.25) is 0 Å². The summed E-state index contributed by atoms with van der Waals surface area (Å²) < 4.78 is 26.6. The zero-order chi connectivity index (χ0) is 17.0. The standard InChI is InChI=1S/C16H25FN2O3Si/c1-21-16-12(17)5-6-14-15(16)13(7-8-20)18-19(14)11-22-9-10-23(2,3)4/h5-6,20H,7-11H2,1-4H3. The number of ether oxygens (including phenoxy) is 2. The van der Waals surface area contributed by atoms with Crippen LogP contribution in [0.25, 0.3) is 10.9 Å². The molecule has 2 rings (SSSR count). The van der Waals surface area contributed by atoms with Crippen molar-refractivity contribution >= 4 is 19.0 Å². The number of fused-ring (bicyclic) bond motifs is 1. The summed E-state index contributed by atoms with van der Waals surface area (Å²) in [5.74, 6) is -0.266. The van der Waals surface area contributed by atoms with Crippen LogP contribution in [-0.2, 0) is 17.9 Å². The maximum absolute atomic E-state index is 13.9. The molecule has 1 heterocycles. The van der Waals surface area contributed by atoms with E-state index in [0.717, 1.165) is 11.6 Å². The Morgan fingerprint density at radius 1 is 1.30 bits per heavy atom. The molecule has 1 aromatic heterocycles. The van der Waals surface area contributed by atoms with Crippen LogP contribution in [0.2, 0.25) is 25.7 Å². The Kier molecular flexibility index (Phi) is 5.77. The number of halogens is 1. The smallest absolute Gasteiger partial charge is 0.165 e. The fourth-order valence-electron chi connectivity index (χ4n) is 2.40. The third-order valence-electron chi connectivity index (χ3n) is 3.66. The van der Waals surface area contributed by atoms with Gasteiger partial charge in [-0.05, 0) is 18.2 Å². The zero-order valence-corrected chi connectivity index (χ0v) is 15.2. The molecule has 5 nitrogen and oxygen atoms in total. The van der Waals surface area contributed by atoms with E-state index in [-0.39, 0.29) is 12.4 Å². The highest BCUT2D eigenvalue weighted by atomic mass is 28.3. The number of nitrogens with zero attached hydrogens (tertiary/aromatic N) is 2. The Balaban J connectivity index is 2.27. The molecule has 7 heteroatoms. The predicted molar refractivity (Wildman–Crippen MR) is 91.1 cm³/mol. The minimum Gasteiger partial charge on any atom is -0.493 e. The van der Waals surface area contributed by atoms with Crippen LogP contribution in [0.4, 0.5) is 4.39 Å². The van der Waals surface area contributed by atoms with Gasteiger partial charge in [0.05, 0.1) is 23.7 Å². The van der Waals surface area contributed by atoms with Gasteiger partial charge < -0.3 is 14.6 Å². The van der Waals surface area contributed by atoms with Crippen LogP contribution in [-0.4, -0.2) is 43.3 Å². The molecule has 1 N–H and O–H groups in total. The van der Waals surface area contributed by atoms with Gasteiger partial charge in [-0.1, -0.05) is 19.6 Å². The highest BCUT2D eigenvalue weighted by Gasteiger charge is 2.18. The maximum Gasteiger partial charge on any atom is 0.165 e. The zero-order valence-electron chi connectivity index (χ0n) is 14.2. The van der Waals surface area contributed by atoms with Crippen LogP contribution < -0.4 is 4.74 Å². The molecular weight excluding hydrogens is 315 g/mol. The number of methoxy groups -OCH3 is 1. The lowest BCUT2D eigenvalue weighted by Crippen LogP contribution is -2.22. The van der Waals surface area contributed by atoms with Gasteiger partial charge in [-0.25, -0.2) is 9.07 Å². The molecule has 0 fully saturated rings. The molecule has 0 unspecified atom stereocenters. The van der Waals surface area contributed by atoms with E-state index >= 15 is 0 Å². The molecule has 0 saturated carbocycles.